The van der Waals surface area contributed by atoms with E-state index < -0.39 is 0 Å². The molecule has 0 spiro atoms. The van der Waals surface area contributed by atoms with Crippen molar-refractivity contribution in [1.29, 1.82) is 0 Å². The molecule has 0 aliphatic carbocycles. The molecule has 2 heterocycles. The van der Waals surface area contributed by atoms with Crippen molar-refractivity contribution in [3.8, 4) is 45.0 Å². The molecular weight excluding hydrogens is 705 g/mol. The molecule has 4 nitrogen and oxygen atoms in total. The van der Waals surface area contributed by atoms with Gasteiger partial charge in [-0.2, -0.15) is 0 Å². The number of fused-ring (bicyclic) bond motifs is 13. The summed E-state index contributed by atoms with van der Waals surface area (Å²) < 4.78 is 4.51. The molecule has 0 saturated heterocycles. The minimum atomic E-state index is 0.968. The lowest BCUT2D eigenvalue weighted by molar-refractivity contribution is 0.962. The van der Waals surface area contributed by atoms with E-state index in [-0.39, 0.29) is 0 Å². The van der Waals surface area contributed by atoms with Crippen LogP contribution in [0.2, 0.25) is 0 Å². The maximum absolute atomic E-state index is 5.26. The second-order valence-corrected chi connectivity index (χ2v) is 15.5. The van der Waals surface area contributed by atoms with Crippen LogP contribution in [0.15, 0.2) is 182 Å². The van der Waals surface area contributed by atoms with Crippen molar-refractivity contribution in [2.75, 3.05) is 0 Å². The molecule has 10 aromatic carbocycles. The molecule has 0 saturated carbocycles. The summed E-state index contributed by atoms with van der Waals surface area (Å²) in [4.78, 5) is 10.5. The first-order chi connectivity index (χ1) is 28.6. The van der Waals surface area contributed by atoms with Gasteiger partial charge in [-0.25, -0.2) is 9.97 Å². The van der Waals surface area contributed by atoms with Gasteiger partial charge in [0, 0.05) is 46.8 Å². The van der Waals surface area contributed by atoms with Gasteiger partial charge in [-0.15, -0.1) is 0 Å². The van der Waals surface area contributed by atoms with E-state index in [9.17, 15) is 0 Å². The van der Waals surface area contributed by atoms with Crippen LogP contribution in [0.4, 0.5) is 0 Å². The Bertz CT molecular complexity index is 3390. The highest BCUT2D eigenvalue weighted by molar-refractivity contribution is 6.25. The molecule has 2 aromatic heterocycles. The third kappa shape index (κ3) is 4.82. The summed E-state index contributed by atoms with van der Waals surface area (Å²) in [7, 11) is 4.27. The summed E-state index contributed by atoms with van der Waals surface area (Å²) in [5, 5.41) is 12.3. The fraction of sp³-hybridized carbons (Fsp3) is 0.0370. The molecule has 0 aliphatic heterocycles. The van der Waals surface area contributed by atoms with Crippen LogP contribution in [0.1, 0.15) is 0 Å². The molecule has 272 valence electrons. The van der Waals surface area contributed by atoms with Crippen molar-refractivity contribution < 1.29 is 0 Å². The second-order valence-electron chi connectivity index (χ2n) is 15.5. The van der Waals surface area contributed by atoms with E-state index in [0.717, 1.165) is 33.8 Å². The molecule has 0 bridgehead atoms. The van der Waals surface area contributed by atoms with Crippen LogP contribution in [-0.4, -0.2) is 19.1 Å². The van der Waals surface area contributed by atoms with Crippen LogP contribution in [0.5, 0.6) is 0 Å². The average molecular weight is 741 g/mol. The Labute approximate surface area is 334 Å². The Morgan fingerprint density at radius 1 is 0.293 bits per heavy atom. The Morgan fingerprint density at radius 2 is 0.603 bits per heavy atom. The maximum atomic E-state index is 5.26. The highest BCUT2D eigenvalue weighted by Crippen LogP contribution is 2.39. The number of aryl methyl sites for hydroxylation is 2. The first-order valence-corrected chi connectivity index (χ1v) is 19.9. The van der Waals surface area contributed by atoms with Crippen molar-refractivity contribution in [2.45, 2.75) is 0 Å². The summed E-state index contributed by atoms with van der Waals surface area (Å²) in [5.41, 5.74) is 11.4. The van der Waals surface area contributed by atoms with Crippen LogP contribution in [0.3, 0.4) is 0 Å². The molecule has 12 aromatic rings. The van der Waals surface area contributed by atoms with Crippen LogP contribution >= 0.6 is 0 Å². The lowest BCUT2D eigenvalue weighted by Crippen LogP contribution is -1.93. The van der Waals surface area contributed by atoms with Crippen molar-refractivity contribution in [2.24, 2.45) is 14.1 Å². The van der Waals surface area contributed by atoms with Crippen molar-refractivity contribution in [3.05, 3.63) is 182 Å². The normalized spacial score (nSPS) is 12.0. The van der Waals surface area contributed by atoms with Crippen LogP contribution in [0.25, 0.3) is 121 Å². The van der Waals surface area contributed by atoms with Gasteiger partial charge in [0.1, 0.15) is 11.6 Å². The van der Waals surface area contributed by atoms with Gasteiger partial charge in [-0.1, -0.05) is 170 Å². The van der Waals surface area contributed by atoms with E-state index in [2.05, 4.69) is 205 Å². The molecule has 0 radical (unpaired) electrons. The Morgan fingerprint density at radius 3 is 1.00 bits per heavy atom. The first-order valence-electron chi connectivity index (χ1n) is 19.9. The molecule has 58 heavy (non-hydrogen) atoms. The van der Waals surface area contributed by atoms with E-state index >= 15 is 0 Å². The number of aromatic nitrogens is 4. The summed E-state index contributed by atoms with van der Waals surface area (Å²) in [5.74, 6) is 1.94. The lowest BCUT2D eigenvalue weighted by atomic mass is 9.96. The van der Waals surface area contributed by atoms with Gasteiger partial charge in [-0.05, 0) is 66.7 Å². The van der Waals surface area contributed by atoms with Gasteiger partial charge >= 0.3 is 0 Å². The third-order valence-electron chi connectivity index (χ3n) is 12.3. The zero-order valence-corrected chi connectivity index (χ0v) is 32.1. The highest BCUT2D eigenvalue weighted by atomic mass is 15.1. The fourth-order valence-corrected chi connectivity index (χ4v) is 9.43. The summed E-state index contributed by atoms with van der Waals surface area (Å²) in [6.45, 7) is 0. The summed E-state index contributed by atoms with van der Waals surface area (Å²) in [6.07, 6.45) is 0. The van der Waals surface area contributed by atoms with E-state index in [1.54, 1.807) is 0 Å². The molecule has 0 amide bonds. The number of imidazole rings is 2. The molecular formula is C54H36N4. The number of hydrogen-bond donors (Lipinski definition) is 0. The lowest BCUT2D eigenvalue weighted by Gasteiger charge is -2.10. The van der Waals surface area contributed by atoms with E-state index in [1.807, 2.05) is 0 Å². The number of benzene rings is 10. The quantitative estimate of drug-likeness (QED) is 0.168. The SMILES string of the molecule is Cn1c(-c2ccc(-c3ccc4ccc(-c5ccc(-c6nc7c8ccccc8c8ccccc8c7n6C)cc5)cc4c3)cc2)nc2c3ccccc3c3ccccc3c21. The fourth-order valence-electron chi connectivity index (χ4n) is 9.43. The van der Waals surface area contributed by atoms with Crippen molar-refractivity contribution in [3.63, 3.8) is 0 Å². The zero-order valence-electron chi connectivity index (χ0n) is 32.1. The van der Waals surface area contributed by atoms with Crippen LogP contribution in [-0.2, 0) is 14.1 Å². The van der Waals surface area contributed by atoms with Crippen molar-refractivity contribution >= 4 is 75.9 Å². The third-order valence-corrected chi connectivity index (χ3v) is 12.3. The molecule has 0 unspecified atom stereocenters. The van der Waals surface area contributed by atoms with Crippen molar-refractivity contribution in [1.82, 2.24) is 19.1 Å². The van der Waals surface area contributed by atoms with E-state index in [4.69, 9.17) is 9.97 Å². The molecule has 0 atom stereocenters. The van der Waals surface area contributed by atoms with Gasteiger partial charge in [0.25, 0.3) is 0 Å². The summed E-state index contributed by atoms with van der Waals surface area (Å²) in [6, 6.07) is 65.8. The number of rotatable bonds is 4. The van der Waals surface area contributed by atoms with E-state index in [1.165, 1.54) is 87.1 Å². The standard InChI is InChI=1S/C54H36N4/c1-57-51-47-17-9-5-13-43(47)41-11-3-7-15-45(41)49(51)55-53(57)36-25-19-33(20-26-36)38-29-23-35-24-30-39(32-40(35)31-38)34-21-27-37(28-22-34)54-56-50-46-16-8-4-12-42(46)44-14-6-10-18-48(44)52(50)58(54)2/h3-32H,1-2H3. The van der Waals surface area contributed by atoms with Crippen LogP contribution < -0.4 is 0 Å². The van der Waals surface area contributed by atoms with Gasteiger partial charge in [-0.3, -0.25) is 0 Å². The van der Waals surface area contributed by atoms with Gasteiger partial charge in [0.15, 0.2) is 0 Å². The second kappa shape index (κ2) is 12.5. The van der Waals surface area contributed by atoms with Gasteiger partial charge in [0.2, 0.25) is 0 Å². The first kappa shape index (κ1) is 32.7. The predicted molar refractivity (Wildman–Crippen MR) is 244 cm³/mol. The number of hydrogen-bond acceptors (Lipinski definition) is 2. The minimum Gasteiger partial charge on any atom is -0.327 e. The summed E-state index contributed by atoms with van der Waals surface area (Å²) >= 11 is 0. The Balaban J connectivity index is 0.874. The van der Waals surface area contributed by atoms with Gasteiger partial charge in [0.05, 0.1) is 22.1 Å². The minimum absolute atomic E-state index is 0.968. The predicted octanol–water partition coefficient (Wildman–Crippen LogP) is 13.9. The number of nitrogens with zero attached hydrogens (tertiary/aromatic N) is 4. The average Bonchev–Trinajstić information content (AvgIpc) is 3.83. The van der Waals surface area contributed by atoms with E-state index in [0.29, 0.717) is 0 Å². The Hall–Kier alpha value is -7.56. The Kier molecular flexibility index (Phi) is 7.02. The van der Waals surface area contributed by atoms with Crippen LogP contribution in [0, 0.1) is 0 Å². The topological polar surface area (TPSA) is 35.6 Å². The maximum Gasteiger partial charge on any atom is 0.140 e. The molecule has 0 aliphatic rings. The molecule has 0 fully saturated rings. The molecule has 0 N–H and O–H groups in total. The smallest absolute Gasteiger partial charge is 0.140 e. The van der Waals surface area contributed by atoms with Gasteiger partial charge < -0.3 is 9.13 Å². The molecule has 4 heteroatoms. The zero-order chi connectivity index (χ0) is 38.5. The highest BCUT2D eigenvalue weighted by Gasteiger charge is 2.19. The molecule has 12 rings (SSSR count). The monoisotopic (exact) mass is 740 g/mol. The largest absolute Gasteiger partial charge is 0.327 e.